The number of aliphatic hydroxyl groups excluding tert-OH is 1. The van der Waals surface area contributed by atoms with Crippen molar-refractivity contribution in [3.8, 4) is 0 Å². The van der Waals surface area contributed by atoms with Gasteiger partial charge in [-0.15, -0.1) is 0 Å². The van der Waals surface area contributed by atoms with Gasteiger partial charge in [0.1, 0.15) is 0 Å². The fourth-order valence-corrected chi connectivity index (χ4v) is 3.17. The molecule has 6 heteroatoms. The van der Waals surface area contributed by atoms with Crippen molar-refractivity contribution in [2.75, 3.05) is 39.3 Å². The molecule has 2 saturated heterocycles. The molecule has 2 aliphatic rings. The SMILES string of the molecule is O=C(CCN1CCCC1=O)NCCN1CCCCC1CO. The highest BCUT2D eigenvalue weighted by Crippen LogP contribution is 2.15. The molecule has 0 bridgehead atoms. The maximum Gasteiger partial charge on any atom is 0.222 e. The van der Waals surface area contributed by atoms with Gasteiger partial charge in [0.25, 0.3) is 0 Å². The monoisotopic (exact) mass is 297 g/mol. The number of rotatable bonds is 7. The van der Waals surface area contributed by atoms with Crippen LogP contribution in [0.3, 0.4) is 0 Å². The Labute approximate surface area is 126 Å². The van der Waals surface area contributed by atoms with Crippen LogP contribution in [0.5, 0.6) is 0 Å². The molecule has 0 saturated carbocycles. The Bertz CT molecular complexity index is 362. The number of aliphatic hydroxyl groups is 1. The van der Waals surface area contributed by atoms with Crippen molar-refractivity contribution in [1.82, 2.24) is 15.1 Å². The predicted molar refractivity (Wildman–Crippen MR) is 79.7 cm³/mol. The first-order chi connectivity index (χ1) is 10.2. The minimum atomic E-state index is 0.00672. The normalized spacial score (nSPS) is 23.6. The van der Waals surface area contributed by atoms with E-state index >= 15 is 0 Å². The van der Waals surface area contributed by atoms with E-state index in [2.05, 4.69) is 10.2 Å². The lowest BCUT2D eigenvalue weighted by atomic mass is 10.0. The summed E-state index contributed by atoms with van der Waals surface area (Å²) in [5.74, 6) is 0.175. The van der Waals surface area contributed by atoms with Crippen molar-refractivity contribution in [2.24, 2.45) is 0 Å². The zero-order valence-electron chi connectivity index (χ0n) is 12.7. The van der Waals surface area contributed by atoms with Crippen LogP contribution < -0.4 is 5.32 Å². The molecule has 2 fully saturated rings. The zero-order valence-corrected chi connectivity index (χ0v) is 12.7. The van der Waals surface area contributed by atoms with Crippen molar-refractivity contribution in [2.45, 2.75) is 44.6 Å². The molecule has 0 aliphatic carbocycles. The summed E-state index contributed by atoms with van der Waals surface area (Å²) >= 11 is 0. The van der Waals surface area contributed by atoms with Gasteiger partial charge in [0.05, 0.1) is 6.61 Å². The van der Waals surface area contributed by atoms with E-state index in [1.165, 1.54) is 12.8 Å². The summed E-state index contributed by atoms with van der Waals surface area (Å²) in [6.45, 7) is 3.93. The number of carbonyl (C=O) groups is 2. The van der Waals surface area contributed by atoms with Gasteiger partial charge < -0.3 is 15.3 Å². The number of amides is 2. The maximum absolute atomic E-state index is 11.8. The van der Waals surface area contributed by atoms with Crippen LogP contribution in [0.2, 0.25) is 0 Å². The maximum atomic E-state index is 11.8. The van der Waals surface area contributed by atoms with E-state index in [4.69, 9.17) is 0 Å². The molecule has 2 rings (SSSR count). The van der Waals surface area contributed by atoms with Crippen molar-refractivity contribution >= 4 is 11.8 Å². The summed E-state index contributed by atoms with van der Waals surface area (Å²) in [5.41, 5.74) is 0. The highest BCUT2D eigenvalue weighted by atomic mass is 16.3. The van der Waals surface area contributed by atoms with Crippen molar-refractivity contribution in [3.05, 3.63) is 0 Å². The second-order valence-electron chi connectivity index (χ2n) is 5.95. The summed E-state index contributed by atoms with van der Waals surface area (Å²) in [5, 5.41) is 12.2. The van der Waals surface area contributed by atoms with E-state index in [0.29, 0.717) is 25.9 Å². The molecule has 2 aliphatic heterocycles. The van der Waals surface area contributed by atoms with E-state index in [1.54, 1.807) is 4.90 Å². The molecule has 2 N–H and O–H groups in total. The van der Waals surface area contributed by atoms with Gasteiger partial charge in [-0.2, -0.15) is 0 Å². The first-order valence-corrected chi connectivity index (χ1v) is 8.10. The Kier molecular flexibility index (Phi) is 6.45. The molecule has 0 spiro atoms. The second-order valence-corrected chi connectivity index (χ2v) is 5.95. The van der Waals surface area contributed by atoms with Crippen LogP contribution in [-0.2, 0) is 9.59 Å². The number of nitrogens with one attached hydrogen (secondary N) is 1. The van der Waals surface area contributed by atoms with Gasteiger partial charge in [-0.05, 0) is 25.8 Å². The molecule has 2 heterocycles. The van der Waals surface area contributed by atoms with Crippen molar-refractivity contribution in [1.29, 1.82) is 0 Å². The highest BCUT2D eigenvalue weighted by molar-refractivity contribution is 5.80. The number of piperidine rings is 1. The lowest BCUT2D eigenvalue weighted by molar-refractivity contribution is -0.128. The van der Waals surface area contributed by atoms with E-state index in [-0.39, 0.29) is 24.5 Å². The van der Waals surface area contributed by atoms with E-state index in [1.807, 2.05) is 0 Å². The molecule has 6 nitrogen and oxygen atoms in total. The van der Waals surface area contributed by atoms with E-state index in [9.17, 15) is 14.7 Å². The van der Waals surface area contributed by atoms with E-state index in [0.717, 1.165) is 32.5 Å². The fraction of sp³-hybridized carbons (Fsp3) is 0.867. The number of hydrogen-bond donors (Lipinski definition) is 2. The smallest absolute Gasteiger partial charge is 0.222 e. The molecule has 0 aromatic rings. The molecule has 21 heavy (non-hydrogen) atoms. The summed E-state index contributed by atoms with van der Waals surface area (Å²) in [7, 11) is 0. The van der Waals surface area contributed by atoms with Gasteiger partial charge >= 0.3 is 0 Å². The van der Waals surface area contributed by atoms with Gasteiger partial charge in [-0.25, -0.2) is 0 Å². The van der Waals surface area contributed by atoms with Gasteiger partial charge in [-0.1, -0.05) is 6.42 Å². The minimum absolute atomic E-state index is 0.00672. The molecule has 0 aromatic carbocycles. The summed E-state index contributed by atoms with van der Waals surface area (Å²) < 4.78 is 0. The van der Waals surface area contributed by atoms with E-state index < -0.39 is 0 Å². The Morgan fingerprint density at radius 2 is 2.10 bits per heavy atom. The average Bonchev–Trinajstić information content (AvgIpc) is 2.91. The average molecular weight is 297 g/mol. The zero-order chi connectivity index (χ0) is 15.1. The van der Waals surface area contributed by atoms with Crippen LogP contribution in [-0.4, -0.2) is 72.1 Å². The largest absolute Gasteiger partial charge is 0.395 e. The standard InChI is InChI=1S/C15H27N3O3/c19-12-13-4-1-2-8-17(13)11-7-16-14(20)6-10-18-9-3-5-15(18)21/h13,19H,1-12H2,(H,16,20). The molecule has 0 aromatic heterocycles. The van der Waals surface area contributed by atoms with Crippen LogP contribution in [0.15, 0.2) is 0 Å². The van der Waals surface area contributed by atoms with Crippen LogP contribution >= 0.6 is 0 Å². The Balaban J connectivity index is 1.59. The van der Waals surface area contributed by atoms with Gasteiger partial charge in [0, 0.05) is 45.1 Å². The molecule has 1 atom stereocenters. The number of nitrogens with zero attached hydrogens (tertiary/aromatic N) is 2. The topological polar surface area (TPSA) is 72.9 Å². The second kappa shape index (κ2) is 8.34. The van der Waals surface area contributed by atoms with Crippen molar-refractivity contribution in [3.63, 3.8) is 0 Å². The summed E-state index contributed by atoms with van der Waals surface area (Å²) in [6, 6.07) is 0.248. The quantitative estimate of drug-likeness (QED) is 0.692. The van der Waals surface area contributed by atoms with Crippen LogP contribution in [0.4, 0.5) is 0 Å². The number of likely N-dealkylation sites (tertiary alicyclic amines) is 2. The Morgan fingerprint density at radius 1 is 1.24 bits per heavy atom. The van der Waals surface area contributed by atoms with Gasteiger partial charge in [-0.3, -0.25) is 14.5 Å². The minimum Gasteiger partial charge on any atom is -0.395 e. The summed E-state index contributed by atoms with van der Waals surface area (Å²) in [4.78, 5) is 27.3. The molecular weight excluding hydrogens is 270 g/mol. The van der Waals surface area contributed by atoms with Crippen LogP contribution in [0.25, 0.3) is 0 Å². The van der Waals surface area contributed by atoms with Gasteiger partial charge in [0.2, 0.25) is 11.8 Å². The Hall–Kier alpha value is -1.14. The molecule has 120 valence electrons. The number of carbonyl (C=O) groups excluding carboxylic acids is 2. The highest BCUT2D eigenvalue weighted by Gasteiger charge is 2.22. The first-order valence-electron chi connectivity index (χ1n) is 8.10. The van der Waals surface area contributed by atoms with Crippen LogP contribution in [0.1, 0.15) is 38.5 Å². The third-order valence-electron chi connectivity index (χ3n) is 4.46. The fourth-order valence-electron chi connectivity index (χ4n) is 3.17. The molecule has 2 amide bonds. The van der Waals surface area contributed by atoms with Crippen molar-refractivity contribution < 1.29 is 14.7 Å². The summed E-state index contributed by atoms with van der Waals surface area (Å²) in [6.07, 6.45) is 5.31. The number of hydrogen-bond acceptors (Lipinski definition) is 4. The molecular formula is C15H27N3O3. The lowest BCUT2D eigenvalue weighted by Crippen LogP contribution is -2.45. The van der Waals surface area contributed by atoms with Crippen LogP contribution in [0, 0.1) is 0 Å². The third-order valence-corrected chi connectivity index (χ3v) is 4.46. The van der Waals surface area contributed by atoms with Gasteiger partial charge in [0.15, 0.2) is 0 Å². The molecule has 1 unspecified atom stereocenters. The third kappa shape index (κ3) is 4.97. The lowest BCUT2D eigenvalue weighted by Gasteiger charge is -2.34. The predicted octanol–water partition coefficient (Wildman–Crippen LogP) is -0.0381. The first kappa shape index (κ1) is 16.2. The molecule has 0 radical (unpaired) electrons. The Morgan fingerprint density at radius 3 is 2.81 bits per heavy atom.